The average molecular weight is 317 g/mol. The highest BCUT2D eigenvalue weighted by molar-refractivity contribution is 5.88. The Bertz CT molecular complexity index is 686. The van der Waals surface area contributed by atoms with Crippen molar-refractivity contribution in [3.63, 3.8) is 0 Å². The number of aromatic nitrogens is 4. The lowest BCUT2D eigenvalue weighted by atomic mass is 10.2. The third kappa shape index (κ3) is 3.04. The number of morpholine rings is 1. The molecule has 0 radical (unpaired) electrons. The third-order valence-corrected chi connectivity index (χ3v) is 4.28. The zero-order chi connectivity index (χ0) is 16.6. The second-order valence-corrected chi connectivity index (χ2v) is 6.47. The largest absolute Gasteiger partial charge is 0.372 e. The van der Waals surface area contributed by atoms with Crippen molar-refractivity contribution in [3.05, 3.63) is 11.5 Å². The van der Waals surface area contributed by atoms with E-state index in [9.17, 15) is 0 Å². The molecule has 0 bridgehead atoms. The van der Waals surface area contributed by atoms with E-state index in [-0.39, 0.29) is 12.2 Å². The minimum Gasteiger partial charge on any atom is -0.372 e. The number of aryl methyl sites for hydroxylation is 3. The molecule has 0 saturated carbocycles. The molecule has 23 heavy (non-hydrogen) atoms. The van der Waals surface area contributed by atoms with Gasteiger partial charge in [-0.25, -0.2) is 9.97 Å². The Kier molecular flexibility index (Phi) is 4.53. The fourth-order valence-corrected chi connectivity index (χ4v) is 3.39. The normalized spacial score (nSPS) is 22.0. The third-order valence-electron chi connectivity index (χ3n) is 4.28. The fourth-order valence-electron chi connectivity index (χ4n) is 3.39. The first-order valence-electron chi connectivity index (χ1n) is 8.67. The van der Waals surface area contributed by atoms with Crippen LogP contribution in [-0.2, 0) is 17.7 Å². The summed E-state index contributed by atoms with van der Waals surface area (Å²) in [7, 11) is 0. The van der Waals surface area contributed by atoms with Gasteiger partial charge in [0.05, 0.1) is 17.9 Å². The highest BCUT2D eigenvalue weighted by Crippen LogP contribution is 2.28. The van der Waals surface area contributed by atoms with Crippen molar-refractivity contribution in [1.82, 2.24) is 19.7 Å². The van der Waals surface area contributed by atoms with Gasteiger partial charge in [0, 0.05) is 26.1 Å². The number of nitrogens with zero attached hydrogens (tertiary/aromatic N) is 5. The second-order valence-electron chi connectivity index (χ2n) is 6.47. The molecule has 6 heteroatoms. The molecular formula is C17H27N5O. The van der Waals surface area contributed by atoms with Crippen LogP contribution in [0.4, 0.5) is 5.82 Å². The summed E-state index contributed by atoms with van der Waals surface area (Å²) in [5.74, 6) is 1.93. The molecule has 6 nitrogen and oxygen atoms in total. The maximum absolute atomic E-state index is 5.88. The van der Waals surface area contributed by atoms with Crippen molar-refractivity contribution in [2.24, 2.45) is 0 Å². The van der Waals surface area contributed by atoms with E-state index in [1.165, 1.54) is 0 Å². The van der Waals surface area contributed by atoms with Gasteiger partial charge in [-0.15, -0.1) is 0 Å². The summed E-state index contributed by atoms with van der Waals surface area (Å²) >= 11 is 0. The standard InChI is InChI=1S/C17H27N5O/c1-6-8-14-18-15-13(5)20-22(7-2)16(15)17(19-14)21-9-11(3)23-12(4)10-21/h11-12H,6-10H2,1-5H3/t11-,12+. The maximum Gasteiger partial charge on any atom is 0.158 e. The highest BCUT2D eigenvalue weighted by Gasteiger charge is 2.27. The van der Waals surface area contributed by atoms with E-state index >= 15 is 0 Å². The second kappa shape index (κ2) is 6.43. The van der Waals surface area contributed by atoms with Crippen LogP contribution in [0, 0.1) is 6.92 Å². The smallest absolute Gasteiger partial charge is 0.158 e. The summed E-state index contributed by atoms with van der Waals surface area (Å²) in [5.41, 5.74) is 3.04. The van der Waals surface area contributed by atoms with E-state index in [2.05, 4.69) is 37.7 Å². The summed E-state index contributed by atoms with van der Waals surface area (Å²) in [4.78, 5) is 12.0. The SMILES string of the molecule is CCCc1nc(N2C[C@@H](C)O[C@@H](C)C2)c2c(n1)c(C)nn2CC. The van der Waals surface area contributed by atoms with E-state index in [0.717, 1.165) is 60.8 Å². The Labute approximate surface area is 137 Å². The topological polar surface area (TPSA) is 56.1 Å². The molecule has 1 saturated heterocycles. The molecule has 2 aromatic rings. The van der Waals surface area contributed by atoms with Crippen molar-refractivity contribution in [2.75, 3.05) is 18.0 Å². The number of rotatable bonds is 4. The number of hydrogen-bond donors (Lipinski definition) is 0. The number of anilines is 1. The van der Waals surface area contributed by atoms with Crippen molar-refractivity contribution in [2.45, 2.75) is 66.2 Å². The Hall–Kier alpha value is -1.69. The van der Waals surface area contributed by atoms with Crippen LogP contribution in [0.25, 0.3) is 11.0 Å². The van der Waals surface area contributed by atoms with Gasteiger partial charge in [-0.3, -0.25) is 4.68 Å². The monoisotopic (exact) mass is 317 g/mol. The summed E-state index contributed by atoms with van der Waals surface area (Å²) < 4.78 is 7.91. The van der Waals surface area contributed by atoms with Gasteiger partial charge >= 0.3 is 0 Å². The quantitative estimate of drug-likeness (QED) is 0.868. The highest BCUT2D eigenvalue weighted by atomic mass is 16.5. The number of hydrogen-bond acceptors (Lipinski definition) is 5. The number of fused-ring (bicyclic) bond motifs is 1. The first-order chi connectivity index (χ1) is 11.0. The predicted octanol–water partition coefficient (Wildman–Crippen LogP) is 2.72. The summed E-state index contributed by atoms with van der Waals surface area (Å²) in [6, 6.07) is 0. The Morgan fingerprint density at radius 3 is 2.43 bits per heavy atom. The predicted molar refractivity (Wildman–Crippen MR) is 92.0 cm³/mol. The van der Waals surface area contributed by atoms with Crippen LogP contribution < -0.4 is 4.90 Å². The van der Waals surface area contributed by atoms with Crippen LogP contribution in [0.5, 0.6) is 0 Å². The fraction of sp³-hybridized carbons (Fsp3) is 0.706. The maximum atomic E-state index is 5.88. The molecule has 126 valence electrons. The van der Waals surface area contributed by atoms with E-state index in [1.807, 2.05) is 11.6 Å². The molecule has 0 amide bonds. The van der Waals surface area contributed by atoms with Gasteiger partial charge in [-0.2, -0.15) is 5.10 Å². The molecule has 0 aromatic carbocycles. The van der Waals surface area contributed by atoms with Crippen molar-refractivity contribution >= 4 is 16.9 Å². The Morgan fingerprint density at radius 1 is 1.13 bits per heavy atom. The van der Waals surface area contributed by atoms with E-state index in [1.54, 1.807) is 0 Å². The first-order valence-corrected chi connectivity index (χ1v) is 8.67. The number of ether oxygens (including phenoxy) is 1. The van der Waals surface area contributed by atoms with Crippen LogP contribution in [0.3, 0.4) is 0 Å². The summed E-state index contributed by atoms with van der Waals surface area (Å²) in [6.45, 7) is 13.1. The minimum absolute atomic E-state index is 0.206. The minimum atomic E-state index is 0.206. The zero-order valence-electron chi connectivity index (χ0n) is 14.8. The van der Waals surface area contributed by atoms with Crippen LogP contribution in [0.2, 0.25) is 0 Å². The molecule has 3 heterocycles. The molecule has 0 spiro atoms. The van der Waals surface area contributed by atoms with Gasteiger partial charge in [0.15, 0.2) is 5.82 Å². The molecule has 1 fully saturated rings. The molecule has 0 unspecified atom stereocenters. The van der Waals surface area contributed by atoms with E-state index in [4.69, 9.17) is 14.7 Å². The molecule has 1 aliphatic heterocycles. The zero-order valence-corrected chi connectivity index (χ0v) is 14.8. The molecular weight excluding hydrogens is 290 g/mol. The molecule has 0 aliphatic carbocycles. The van der Waals surface area contributed by atoms with Gasteiger partial charge < -0.3 is 9.64 Å². The van der Waals surface area contributed by atoms with E-state index < -0.39 is 0 Å². The first kappa shape index (κ1) is 16.2. The lowest BCUT2D eigenvalue weighted by Crippen LogP contribution is -2.46. The van der Waals surface area contributed by atoms with Crippen LogP contribution in [0.15, 0.2) is 0 Å². The molecule has 0 N–H and O–H groups in total. The van der Waals surface area contributed by atoms with E-state index in [0.29, 0.717) is 0 Å². The van der Waals surface area contributed by atoms with Crippen molar-refractivity contribution in [1.29, 1.82) is 0 Å². The van der Waals surface area contributed by atoms with Gasteiger partial charge in [-0.05, 0) is 34.1 Å². The van der Waals surface area contributed by atoms with Gasteiger partial charge in [0.1, 0.15) is 16.9 Å². The molecule has 2 aromatic heterocycles. The van der Waals surface area contributed by atoms with Crippen LogP contribution in [0.1, 0.15) is 45.6 Å². The summed E-state index contributed by atoms with van der Waals surface area (Å²) in [6.07, 6.45) is 2.35. The molecule has 3 rings (SSSR count). The van der Waals surface area contributed by atoms with Crippen LogP contribution in [-0.4, -0.2) is 45.0 Å². The van der Waals surface area contributed by atoms with Crippen molar-refractivity contribution < 1.29 is 4.74 Å². The molecule has 1 aliphatic rings. The van der Waals surface area contributed by atoms with Gasteiger partial charge in [-0.1, -0.05) is 6.92 Å². The van der Waals surface area contributed by atoms with Gasteiger partial charge in [0.2, 0.25) is 0 Å². The Morgan fingerprint density at radius 2 is 1.83 bits per heavy atom. The molecule has 2 atom stereocenters. The van der Waals surface area contributed by atoms with Crippen molar-refractivity contribution in [3.8, 4) is 0 Å². The lowest BCUT2D eigenvalue weighted by molar-refractivity contribution is -0.00540. The Balaban J connectivity index is 2.16. The van der Waals surface area contributed by atoms with Gasteiger partial charge in [0.25, 0.3) is 0 Å². The lowest BCUT2D eigenvalue weighted by Gasteiger charge is -2.36. The average Bonchev–Trinajstić information content (AvgIpc) is 2.82. The van der Waals surface area contributed by atoms with Crippen LogP contribution >= 0.6 is 0 Å². The summed E-state index contributed by atoms with van der Waals surface area (Å²) in [5, 5.41) is 4.66.